The highest BCUT2D eigenvalue weighted by Crippen LogP contribution is 2.31. The van der Waals surface area contributed by atoms with Crippen LogP contribution in [0.3, 0.4) is 0 Å². The van der Waals surface area contributed by atoms with Crippen LogP contribution in [0.1, 0.15) is 37.4 Å². The van der Waals surface area contributed by atoms with Gasteiger partial charge in [0, 0.05) is 12.6 Å². The van der Waals surface area contributed by atoms with Gasteiger partial charge in [0.05, 0.1) is 6.10 Å². The number of hydrogen-bond acceptors (Lipinski definition) is 2. The molecule has 2 heteroatoms. The zero-order chi connectivity index (χ0) is 11.5. The predicted molar refractivity (Wildman–Crippen MR) is 69.0 cm³/mol. The van der Waals surface area contributed by atoms with E-state index in [9.17, 15) is 0 Å². The quantitative estimate of drug-likeness (QED) is 0.776. The molecule has 0 spiro atoms. The van der Waals surface area contributed by atoms with Crippen molar-refractivity contribution < 1.29 is 4.74 Å². The van der Waals surface area contributed by atoms with Crippen LogP contribution in [0.5, 0.6) is 0 Å². The van der Waals surface area contributed by atoms with Gasteiger partial charge in [-0.2, -0.15) is 0 Å². The van der Waals surface area contributed by atoms with Gasteiger partial charge in [0.2, 0.25) is 0 Å². The Bertz CT molecular complexity index is 345. The topological polar surface area (TPSA) is 12.5 Å². The summed E-state index contributed by atoms with van der Waals surface area (Å²) in [6.07, 6.45) is 5.46. The van der Waals surface area contributed by atoms with Gasteiger partial charge in [0.1, 0.15) is 0 Å². The molecule has 1 aromatic rings. The summed E-state index contributed by atoms with van der Waals surface area (Å²) in [7, 11) is 0. The van der Waals surface area contributed by atoms with E-state index in [1.165, 1.54) is 44.3 Å². The van der Waals surface area contributed by atoms with Crippen LogP contribution in [0.15, 0.2) is 30.3 Å². The normalized spacial score (nSPS) is 30.6. The van der Waals surface area contributed by atoms with Gasteiger partial charge in [0.25, 0.3) is 0 Å². The second kappa shape index (κ2) is 5.19. The van der Waals surface area contributed by atoms with Gasteiger partial charge >= 0.3 is 0 Å². The van der Waals surface area contributed by atoms with Gasteiger partial charge in [-0.05, 0) is 44.3 Å². The van der Waals surface area contributed by atoms with E-state index in [1.54, 1.807) is 0 Å². The molecule has 2 aliphatic rings. The Morgan fingerprint density at radius 2 is 1.82 bits per heavy atom. The minimum absolute atomic E-state index is 0.315. The Balaban J connectivity index is 1.67. The molecule has 0 N–H and O–H groups in total. The van der Waals surface area contributed by atoms with Gasteiger partial charge in [0.15, 0.2) is 0 Å². The van der Waals surface area contributed by atoms with Crippen LogP contribution in [-0.4, -0.2) is 30.6 Å². The van der Waals surface area contributed by atoms with Crippen molar-refractivity contribution in [3.05, 3.63) is 35.9 Å². The number of likely N-dealkylation sites (tertiary alicyclic amines) is 1. The first-order valence-corrected chi connectivity index (χ1v) is 6.84. The van der Waals surface area contributed by atoms with Crippen molar-refractivity contribution in [2.24, 2.45) is 0 Å². The lowest BCUT2D eigenvalue weighted by Crippen LogP contribution is -2.38. The number of hydrogen-bond donors (Lipinski definition) is 0. The molecular weight excluding hydrogens is 210 g/mol. The second-order valence-electron chi connectivity index (χ2n) is 5.19. The fourth-order valence-corrected chi connectivity index (χ4v) is 3.12. The molecule has 2 atom stereocenters. The predicted octanol–water partition coefficient (Wildman–Crippen LogP) is 3.00. The molecule has 1 aromatic carbocycles. The Morgan fingerprint density at radius 1 is 1.06 bits per heavy atom. The van der Waals surface area contributed by atoms with Crippen LogP contribution < -0.4 is 0 Å². The number of ether oxygens (including phenoxy) is 1. The summed E-state index contributed by atoms with van der Waals surface area (Å²) in [6.45, 7) is 3.51. The first kappa shape index (κ1) is 11.2. The van der Waals surface area contributed by atoms with E-state index in [4.69, 9.17) is 4.74 Å². The van der Waals surface area contributed by atoms with E-state index in [-0.39, 0.29) is 0 Å². The first-order valence-electron chi connectivity index (χ1n) is 6.84. The highest BCUT2D eigenvalue weighted by atomic mass is 16.5. The fourth-order valence-electron chi connectivity index (χ4n) is 3.12. The summed E-state index contributed by atoms with van der Waals surface area (Å²) in [4.78, 5) is 2.67. The minimum atomic E-state index is 0.315. The maximum atomic E-state index is 5.93. The van der Waals surface area contributed by atoms with Crippen molar-refractivity contribution in [2.45, 2.75) is 37.8 Å². The van der Waals surface area contributed by atoms with Crippen LogP contribution in [0.2, 0.25) is 0 Å². The molecule has 2 saturated heterocycles. The average Bonchev–Trinajstić information content (AvgIpc) is 2.94. The average molecular weight is 231 g/mol. The van der Waals surface area contributed by atoms with Crippen LogP contribution in [0.4, 0.5) is 0 Å². The van der Waals surface area contributed by atoms with E-state index in [0.717, 1.165) is 12.6 Å². The molecule has 2 nitrogen and oxygen atoms in total. The largest absolute Gasteiger partial charge is 0.373 e. The molecule has 0 aliphatic carbocycles. The monoisotopic (exact) mass is 231 g/mol. The van der Waals surface area contributed by atoms with Gasteiger partial charge < -0.3 is 9.64 Å². The molecule has 2 unspecified atom stereocenters. The van der Waals surface area contributed by atoms with Crippen molar-refractivity contribution in [3.8, 4) is 0 Å². The number of benzene rings is 1. The summed E-state index contributed by atoms with van der Waals surface area (Å²) in [6, 6.07) is 11.4. The molecule has 0 bridgehead atoms. The highest BCUT2D eigenvalue weighted by molar-refractivity contribution is 5.18. The third-order valence-electron chi connectivity index (χ3n) is 4.08. The summed E-state index contributed by atoms with van der Waals surface area (Å²) in [5, 5.41) is 0. The molecule has 0 aromatic heterocycles. The van der Waals surface area contributed by atoms with Gasteiger partial charge in [-0.15, -0.1) is 0 Å². The van der Waals surface area contributed by atoms with Crippen molar-refractivity contribution >= 4 is 0 Å². The molecule has 17 heavy (non-hydrogen) atoms. The molecule has 0 saturated carbocycles. The Hall–Kier alpha value is -0.860. The summed E-state index contributed by atoms with van der Waals surface area (Å²) >= 11 is 0. The van der Waals surface area contributed by atoms with E-state index in [0.29, 0.717) is 6.10 Å². The Labute approximate surface area is 104 Å². The molecule has 2 heterocycles. The molecule has 0 radical (unpaired) electrons. The molecule has 2 aliphatic heterocycles. The molecule has 0 amide bonds. The Kier molecular flexibility index (Phi) is 3.44. The standard InChI is InChI=1S/C15H21NO/c1-2-6-13(7-3-1)15-12-14(8-11-17-15)16-9-4-5-10-16/h1-3,6-7,14-15H,4-5,8-12H2. The zero-order valence-corrected chi connectivity index (χ0v) is 10.3. The SMILES string of the molecule is c1ccc(C2CC(N3CCCC3)CCO2)cc1. The van der Waals surface area contributed by atoms with Crippen molar-refractivity contribution in [1.29, 1.82) is 0 Å². The maximum absolute atomic E-state index is 5.93. The fraction of sp³-hybridized carbons (Fsp3) is 0.600. The summed E-state index contributed by atoms with van der Waals surface area (Å²) < 4.78 is 5.93. The van der Waals surface area contributed by atoms with Gasteiger partial charge in [-0.3, -0.25) is 0 Å². The second-order valence-corrected chi connectivity index (χ2v) is 5.19. The third kappa shape index (κ3) is 2.53. The van der Waals surface area contributed by atoms with Crippen LogP contribution >= 0.6 is 0 Å². The Morgan fingerprint density at radius 3 is 2.59 bits per heavy atom. The minimum Gasteiger partial charge on any atom is -0.373 e. The van der Waals surface area contributed by atoms with Gasteiger partial charge in [-0.25, -0.2) is 0 Å². The lowest BCUT2D eigenvalue weighted by molar-refractivity contribution is -0.0238. The third-order valence-corrected chi connectivity index (χ3v) is 4.08. The number of rotatable bonds is 2. The lowest BCUT2D eigenvalue weighted by atomic mass is 9.96. The zero-order valence-electron chi connectivity index (χ0n) is 10.3. The molecule has 92 valence electrons. The maximum Gasteiger partial charge on any atom is 0.0839 e. The van der Waals surface area contributed by atoms with Gasteiger partial charge in [-0.1, -0.05) is 30.3 Å². The van der Waals surface area contributed by atoms with E-state index in [1.807, 2.05) is 0 Å². The van der Waals surface area contributed by atoms with E-state index in [2.05, 4.69) is 35.2 Å². The summed E-state index contributed by atoms with van der Waals surface area (Å²) in [5.41, 5.74) is 1.34. The lowest BCUT2D eigenvalue weighted by Gasteiger charge is -2.35. The molecular formula is C15H21NO. The van der Waals surface area contributed by atoms with E-state index >= 15 is 0 Å². The van der Waals surface area contributed by atoms with Crippen LogP contribution in [0, 0.1) is 0 Å². The summed E-state index contributed by atoms with van der Waals surface area (Å²) in [5.74, 6) is 0. The smallest absolute Gasteiger partial charge is 0.0839 e. The van der Waals surface area contributed by atoms with E-state index < -0.39 is 0 Å². The van der Waals surface area contributed by atoms with Crippen LogP contribution in [-0.2, 0) is 4.74 Å². The van der Waals surface area contributed by atoms with Crippen molar-refractivity contribution in [3.63, 3.8) is 0 Å². The van der Waals surface area contributed by atoms with Crippen LogP contribution in [0.25, 0.3) is 0 Å². The van der Waals surface area contributed by atoms with Crippen molar-refractivity contribution in [1.82, 2.24) is 4.90 Å². The van der Waals surface area contributed by atoms with Crippen molar-refractivity contribution in [2.75, 3.05) is 19.7 Å². The highest BCUT2D eigenvalue weighted by Gasteiger charge is 2.29. The first-order chi connectivity index (χ1) is 8.43. The number of nitrogens with zero attached hydrogens (tertiary/aromatic N) is 1. The molecule has 3 rings (SSSR count). The molecule has 2 fully saturated rings.